The van der Waals surface area contributed by atoms with Gasteiger partial charge in [-0.25, -0.2) is 0 Å². The van der Waals surface area contributed by atoms with Crippen LogP contribution in [-0.2, 0) is 6.42 Å². The third-order valence-electron chi connectivity index (χ3n) is 3.79. The van der Waals surface area contributed by atoms with Gasteiger partial charge in [0.15, 0.2) is 5.82 Å². The molecule has 1 aromatic heterocycles. The minimum Gasteiger partial charge on any atom is -0.338 e. The fourth-order valence-corrected chi connectivity index (χ4v) is 2.89. The van der Waals surface area contributed by atoms with Crippen LogP contribution in [0.4, 0.5) is 0 Å². The first-order valence-electron chi connectivity index (χ1n) is 7.02. The number of nitrogens with one attached hydrogen (secondary N) is 1. The lowest BCUT2D eigenvalue weighted by molar-refractivity contribution is 0.239. The summed E-state index contributed by atoms with van der Waals surface area (Å²) in [4.78, 5) is 4.55. The summed E-state index contributed by atoms with van der Waals surface area (Å²) in [6.07, 6.45) is 3.14. The van der Waals surface area contributed by atoms with Gasteiger partial charge < -0.3 is 9.84 Å². The SMILES string of the molecule is CC1CCCNC1c1nc(Cc2ccc(Br)cc2)no1. The predicted octanol–water partition coefficient (Wildman–Crippen LogP) is 3.48. The largest absolute Gasteiger partial charge is 0.338 e. The van der Waals surface area contributed by atoms with E-state index in [4.69, 9.17) is 4.52 Å². The molecule has 5 heteroatoms. The molecule has 2 atom stereocenters. The molecule has 0 saturated carbocycles. The average Bonchev–Trinajstić information content (AvgIpc) is 2.90. The maximum Gasteiger partial charge on any atom is 0.244 e. The molecule has 3 rings (SSSR count). The van der Waals surface area contributed by atoms with E-state index in [1.807, 2.05) is 12.1 Å². The Bertz CT molecular complexity index is 567. The number of hydrogen-bond donors (Lipinski definition) is 1. The molecular weight excluding hydrogens is 318 g/mol. The molecule has 2 heterocycles. The van der Waals surface area contributed by atoms with Gasteiger partial charge in [0.05, 0.1) is 6.04 Å². The van der Waals surface area contributed by atoms with Gasteiger partial charge in [0, 0.05) is 10.9 Å². The number of rotatable bonds is 3. The highest BCUT2D eigenvalue weighted by atomic mass is 79.9. The van der Waals surface area contributed by atoms with Crippen LogP contribution in [0, 0.1) is 5.92 Å². The van der Waals surface area contributed by atoms with Crippen LogP contribution in [0.25, 0.3) is 0 Å². The van der Waals surface area contributed by atoms with Crippen LogP contribution >= 0.6 is 15.9 Å². The summed E-state index contributed by atoms with van der Waals surface area (Å²) >= 11 is 3.44. The summed E-state index contributed by atoms with van der Waals surface area (Å²) in [7, 11) is 0. The minimum absolute atomic E-state index is 0.204. The minimum atomic E-state index is 0.204. The maximum absolute atomic E-state index is 5.44. The summed E-state index contributed by atoms with van der Waals surface area (Å²) in [5.41, 5.74) is 1.19. The first-order valence-corrected chi connectivity index (χ1v) is 7.82. The lowest BCUT2D eigenvalue weighted by atomic mass is 9.93. The molecule has 1 N–H and O–H groups in total. The van der Waals surface area contributed by atoms with Crippen molar-refractivity contribution in [3.05, 3.63) is 46.0 Å². The van der Waals surface area contributed by atoms with Crippen molar-refractivity contribution in [2.45, 2.75) is 32.2 Å². The molecule has 106 valence electrons. The van der Waals surface area contributed by atoms with Gasteiger partial charge >= 0.3 is 0 Å². The van der Waals surface area contributed by atoms with Crippen molar-refractivity contribution in [2.75, 3.05) is 6.54 Å². The average molecular weight is 336 g/mol. The fraction of sp³-hybridized carbons (Fsp3) is 0.467. The lowest BCUT2D eigenvalue weighted by Gasteiger charge is -2.26. The third kappa shape index (κ3) is 3.10. The Morgan fingerprint density at radius 3 is 2.90 bits per heavy atom. The molecule has 2 aromatic rings. The zero-order valence-electron chi connectivity index (χ0n) is 11.5. The Labute approximate surface area is 127 Å². The number of piperidine rings is 1. The van der Waals surface area contributed by atoms with Crippen molar-refractivity contribution in [2.24, 2.45) is 5.92 Å². The van der Waals surface area contributed by atoms with Gasteiger partial charge in [-0.3, -0.25) is 0 Å². The molecule has 1 aliphatic rings. The van der Waals surface area contributed by atoms with Crippen LogP contribution in [-0.4, -0.2) is 16.7 Å². The molecule has 0 amide bonds. The highest BCUT2D eigenvalue weighted by Gasteiger charge is 2.27. The van der Waals surface area contributed by atoms with Crippen molar-refractivity contribution < 1.29 is 4.52 Å². The number of halogens is 1. The van der Waals surface area contributed by atoms with Crippen LogP contribution in [0.3, 0.4) is 0 Å². The van der Waals surface area contributed by atoms with Gasteiger partial charge in [0.25, 0.3) is 0 Å². The van der Waals surface area contributed by atoms with E-state index in [-0.39, 0.29) is 6.04 Å². The topological polar surface area (TPSA) is 51.0 Å². The summed E-state index contributed by atoms with van der Waals surface area (Å²) in [5.74, 6) is 2.02. The van der Waals surface area contributed by atoms with Gasteiger partial charge in [-0.2, -0.15) is 4.98 Å². The van der Waals surface area contributed by atoms with Crippen molar-refractivity contribution in [3.8, 4) is 0 Å². The Morgan fingerprint density at radius 2 is 2.15 bits per heavy atom. The molecule has 2 unspecified atom stereocenters. The van der Waals surface area contributed by atoms with E-state index in [0.29, 0.717) is 12.3 Å². The van der Waals surface area contributed by atoms with Crippen molar-refractivity contribution >= 4 is 15.9 Å². The van der Waals surface area contributed by atoms with E-state index >= 15 is 0 Å². The quantitative estimate of drug-likeness (QED) is 0.932. The van der Waals surface area contributed by atoms with E-state index in [2.05, 4.69) is 50.4 Å². The molecule has 0 spiro atoms. The van der Waals surface area contributed by atoms with Gasteiger partial charge in [-0.15, -0.1) is 0 Å². The van der Waals surface area contributed by atoms with E-state index in [9.17, 15) is 0 Å². The van der Waals surface area contributed by atoms with Crippen molar-refractivity contribution in [1.82, 2.24) is 15.5 Å². The molecule has 0 aliphatic carbocycles. The first-order chi connectivity index (χ1) is 9.72. The molecule has 4 nitrogen and oxygen atoms in total. The van der Waals surface area contributed by atoms with Crippen LogP contribution in [0.1, 0.15) is 43.1 Å². The van der Waals surface area contributed by atoms with Crippen LogP contribution in [0.5, 0.6) is 0 Å². The smallest absolute Gasteiger partial charge is 0.244 e. The van der Waals surface area contributed by atoms with E-state index in [1.165, 1.54) is 18.4 Å². The van der Waals surface area contributed by atoms with Gasteiger partial charge in [0.1, 0.15) is 0 Å². The van der Waals surface area contributed by atoms with Crippen LogP contribution in [0.2, 0.25) is 0 Å². The number of nitrogens with zero attached hydrogens (tertiary/aromatic N) is 2. The second-order valence-corrected chi connectivity index (χ2v) is 6.32. The first kappa shape index (κ1) is 13.8. The normalized spacial score (nSPS) is 22.9. The Hall–Kier alpha value is -1.20. The molecule has 1 fully saturated rings. The Kier molecular flexibility index (Phi) is 4.17. The van der Waals surface area contributed by atoms with E-state index in [0.717, 1.165) is 22.7 Å². The zero-order chi connectivity index (χ0) is 13.9. The third-order valence-corrected chi connectivity index (χ3v) is 4.32. The monoisotopic (exact) mass is 335 g/mol. The van der Waals surface area contributed by atoms with E-state index in [1.54, 1.807) is 0 Å². The van der Waals surface area contributed by atoms with Gasteiger partial charge in [0.2, 0.25) is 5.89 Å². The second-order valence-electron chi connectivity index (χ2n) is 5.40. The van der Waals surface area contributed by atoms with Gasteiger partial charge in [-0.1, -0.05) is 40.1 Å². The summed E-state index contributed by atoms with van der Waals surface area (Å²) in [6, 6.07) is 8.40. The van der Waals surface area contributed by atoms with Crippen LogP contribution in [0.15, 0.2) is 33.3 Å². The Balaban J connectivity index is 1.71. The number of aromatic nitrogens is 2. The standard InChI is InChI=1S/C15H18BrN3O/c1-10-3-2-8-17-14(10)15-18-13(19-20-15)9-11-4-6-12(16)7-5-11/h4-7,10,14,17H,2-3,8-9H2,1H3. The molecule has 1 aliphatic heterocycles. The highest BCUT2D eigenvalue weighted by molar-refractivity contribution is 9.10. The molecule has 0 radical (unpaired) electrons. The fourth-order valence-electron chi connectivity index (χ4n) is 2.63. The van der Waals surface area contributed by atoms with Crippen molar-refractivity contribution in [3.63, 3.8) is 0 Å². The summed E-state index contributed by atoms with van der Waals surface area (Å²) in [5, 5.41) is 7.57. The Morgan fingerprint density at radius 1 is 1.35 bits per heavy atom. The summed E-state index contributed by atoms with van der Waals surface area (Å²) in [6.45, 7) is 3.26. The van der Waals surface area contributed by atoms with Crippen molar-refractivity contribution in [1.29, 1.82) is 0 Å². The molecule has 1 aromatic carbocycles. The molecular formula is C15H18BrN3O. The molecule has 1 saturated heterocycles. The number of benzene rings is 1. The number of hydrogen-bond acceptors (Lipinski definition) is 4. The second kappa shape index (κ2) is 6.06. The molecule has 0 bridgehead atoms. The zero-order valence-corrected chi connectivity index (χ0v) is 13.1. The highest BCUT2D eigenvalue weighted by Crippen LogP contribution is 2.27. The summed E-state index contributed by atoms with van der Waals surface area (Å²) < 4.78 is 6.52. The van der Waals surface area contributed by atoms with Gasteiger partial charge in [-0.05, 0) is 43.0 Å². The van der Waals surface area contributed by atoms with Crippen LogP contribution < -0.4 is 5.32 Å². The maximum atomic E-state index is 5.44. The predicted molar refractivity (Wildman–Crippen MR) is 80.4 cm³/mol. The lowest BCUT2D eigenvalue weighted by Crippen LogP contribution is -2.33. The molecule has 20 heavy (non-hydrogen) atoms. The van der Waals surface area contributed by atoms with E-state index < -0.39 is 0 Å².